The number of fused-ring (bicyclic) bond motifs is 1. The molecule has 1 unspecified atom stereocenters. The van der Waals surface area contributed by atoms with Crippen LogP contribution in [0.4, 0.5) is 26.3 Å². The quantitative estimate of drug-likeness (QED) is 0.159. The molecule has 1 heterocycles. The van der Waals surface area contributed by atoms with Crippen molar-refractivity contribution in [3.05, 3.63) is 99.4 Å². The summed E-state index contributed by atoms with van der Waals surface area (Å²) in [5.41, 5.74) is 0.814. The average Bonchev–Trinajstić information content (AvgIpc) is 3.39. The Morgan fingerprint density at radius 2 is 1.64 bits per heavy atom. The number of hydrogen-bond acceptors (Lipinski definition) is 5. The molecule has 2 N–H and O–H groups in total. The molecule has 3 aromatic carbocycles. The van der Waals surface area contributed by atoms with E-state index >= 15 is 0 Å². The topological polar surface area (TPSA) is 99.4 Å². The van der Waals surface area contributed by atoms with Crippen molar-refractivity contribution >= 4 is 33.3 Å². The van der Waals surface area contributed by atoms with E-state index in [2.05, 4.69) is 10.1 Å². The molecule has 1 amide bonds. The van der Waals surface area contributed by atoms with Gasteiger partial charge in [0, 0.05) is 18.0 Å². The van der Waals surface area contributed by atoms with E-state index < -0.39 is 47.6 Å². The van der Waals surface area contributed by atoms with Crippen molar-refractivity contribution in [3.8, 4) is 11.8 Å². The first kappa shape index (κ1) is 33.3. The van der Waals surface area contributed by atoms with Crippen LogP contribution >= 0.6 is 11.3 Å². The Bertz CT molecular complexity index is 1710. The predicted octanol–water partition coefficient (Wildman–Crippen LogP) is 8.61. The van der Waals surface area contributed by atoms with E-state index in [9.17, 15) is 41.2 Å². The van der Waals surface area contributed by atoms with Crippen molar-refractivity contribution < 1.29 is 45.8 Å². The van der Waals surface area contributed by atoms with E-state index in [0.717, 1.165) is 35.6 Å². The molecule has 0 aliphatic heterocycles. The van der Waals surface area contributed by atoms with Gasteiger partial charge in [-0.2, -0.15) is 18.4 Å². The number of aliphatic carboxylic acids is 1. The van der Waals surface area contributed by atoms with Gasteiger partial charge < -0.3 is 15.2 Å². The standard InChI is InChI=1S/C32H26F6N2O4S/c1-2-3-24(18-4-6-20(7-5-18)30(43)40-13-12-27(41)42)28(19-8-10-23(11-9-19)44-32(36,37)38)26-17-45-29-21(16-39)14-22(15-25(26)29)31(33,34)35/h4-11,14-15,17,24,28H,2-3,12-13H2,1H3,(H,40,43)(H,41,42)/t24-,28?/m1/s1. The molecule has 13 heteroatoms. The highest BCUT2D eigenvalue weighted by atomic mass is 32.1. The van der Waals surface area contributed by atoms with E-state index in [1.54, 1.807) is 29.6 Å². The van der Waals surface area contributed by atoms with E-state index in [1.807, 2.05) is 13.0 Å². The third-order valence-electron chi connectivity index (χ3n) is 7.19. The van der Waals surface area contributed by atoms with Crippen molar-refractivity contribution in [2.45, 2.75) is 50.6 Å². The number of nitriles is 1. The first-order chi connectivity index (χ1) is 21.2. The zero-order chi connectivity index (χ0) is 32.9. The molecule has 4 rings (SSSR count). The van der Waals surface area contributed by atoms with Crippen LogP contribution in [0.3, 0.4) is 0 Å². The molecule has 0 spiro atoms. The van der Waals surface area contributed by atoms with Crippen LogP contribution in [-0.4, -0.2) is 29.9 Å². The summed E-state index contributed by atoms with van der Waals surface area (Å²) in [5.74, 6) is -3.09. The number of nitrogens with zero attached hydrogens (tertiary/aromatic N) is 1. The lowest BCUT2D eigenvalue weighted by atomic mass is 9.75. The van der Waals surface area contributed by atoms with Gasteiger partial charge in [-0.1, -0.05) is 37.6 Å². The molecule has 0 saturated carbocycles. The molecule has 45 heavy (non-hydrogen) atoms. The number of nitrogens with one attached hydrogen (secondary N) is 1. The summed E-state index contributed by atoms with van der Waals surface area (Å²) < 4.78 is 84.5. The van der Waals surface area contributed by atoms with Gasteiger partial charge >= 0.3 is 18.5 Å². The monoisotopic (exact) mass is 648 g/mol. The number of ether oxygens (including phenoxy) is 1. The molecule has 6 nitrogen and oxygen atoms in total. The van der Waals surface area contributed by atoms with Gasteiger partial charge in [0.1, 0.15) is 11.8 Å². The average molecular weight is 649 g/mol. The molecular weight excluding hydrogens is 622 g/mol. The highest BCUT2D eigenvalue weighted by molar-refractivity contribution is 7.17. The van der Waals surface area contributed by atoms with Crippen molar-refractivity contribution in [3.63, 3.8) is 0 Å². The number of amides is 1. The molecule has 1 aromatic heterocycles. The zero-order valence-electron chi connectivity index (χ0n) is 23.6. The van der Waals surface area contributed by atoms with Gasteiger partial charge in [0.25, 0.3) is 5.91 Å². The van der Waals surface area contributed by atoms with Gasteiger partial charge in [0.15, 0.2) is 0 Å². The minimum Gasteiger partial charge on any atom is -0.481 e. The van der Waals surface area contributed by atoms with Crippen molar-refractivity contribution in [1.29, 1.82) is 5.26 Å². The maximum absolute atomic E-state index is 13.9. The number of alkyl halides is 6. The maximum atomic E-state index is 13.9. The molecule has 0 bridgehead atoms. The van der Waals surface area contributed by atoms with Crippen LogP contribution in [0.5, 0.6) is 5.75 Å². The lowest BCUT2D eigenvalue weighted by Gasteiger charge is -2.29. The Morgan fingerprint density at radius 3 is 2.20 bits per heavy atom. The lowest BCUT2D eigenvalue weighted by Crippen LogP contribution is -2.26. The molecule has 0 saturated heterocycles. The van der Waals surface area contributed by atoms with Gasteiger partial charge in [-0.05, 0) is 76.2 Å². The Hall–Kier alpha value is -4.57. The highest BCUT2D eigenvalue weighted by Gasteiger charge is 2.35. The fraction of sp³-hybridized carbons (Fsp3) is 0.281. The van der Waals surface area contributed by atoms with Crippen LogP contribution < -0.4 is 10.1 Å². The minimum atomic E-state index is -4.92. The number of halogens is 6. The Kier molecular flexibility index (Phi) is 10.1. The largest absolute Gasteiger partial charge is 0.573 e. The first-order valence-corrected chi connectivity index (χ1v) is 14.6. The molecule has 236 valence electrons. The smallest absolute Gasteiger partial charge is 0.481 e. The van der Waals surface area contributed by atoms with Gasteiger partial charge in [0.2, 0.25) is 0 Å². The van der Waals surface area contributed by atoms with Crippen LogP contribution in [-0.2, 0) is 11.0 Å². The van der Waals surface area contributed by atoms with Crippen molar-refractivity contribution in [2.75, 3.05) is 6.54 Å². The second kappa shape index (κ2) is 13.6. The molecule has 0 aliphatic rings. The SMILES string of the molecule is CCC[C@H](c1ccc(C(=O)NCCC(=O)O)cc1)C(c1ccc(OC(F)(F)F)cc1)c1csc2c(C#N)cc(C(F)(F)F)cc12. The third-order valence-corrected chi connectivity index (χ3v) is 8.23. The molecular formula is C32H26F6N2O4S. The summed E-state index contributed by atoms with van der Waals surface area (Å²) in [6.07, 6.45) is -8.76. The van der Waals surface area contributed by atoms with Crippen molar-refractivity contribution in [1.82, 2.24) is 5.32 Å². The summed E-state index contributed by atoms with van der Waals surface area (Å²) in [4.78, 5) is 23.3. The number of carboxylic acid groups (broad SMARTS) is 1. The Morgan fingerprint density at radius 1 is 1.00 bits per heavy atom. The molecule has 0 fully saturated rings. The summed E-state index contributed by atoms with van der Waals surface area (Å²) >= 11 is 1.11. The van der Waals surface area contributed by atoms with E-state index in [4.69, 9.17) is 5.11 Å². The highest BCUT2D eigenvalue weighted by Crippen LogP contribution is 2.47. The molecule has 2 atom stereocenters. The van der Waals surface area contributed by atoms with Gasteiger partial charge in [-0.25, -0.2) is 0 Å². The van der Waals surface area contributed by atoms with E-state index in [1.165, 1.54) is 12.1 Å². The van der Waals surface area contributed by atoms with Gasteiger partial charge in [-0.15, -0.1) is 24.5 Å². The second-order valence-electron chi connectivity index (χ2n) is 10.2. The summed E-state index contributed by atoms with van der Waals surface area (Å²) in [6.45, 7) is 1.84. The fourth-order valence-corrected chi connectivity index (χ4v) is 6.31. The predicted molar refractivity (Wildman–Crippen MR) is 155 cm³/mol. The fourth-order valence-electron chi connectivity index (χ4n) is 5.25. The minimum absolute atomic E-state index is 0.0691. The van der Waals surface area contributed by atoms with Crippen LogP contribution in [0.1, 0.15) is 76.2 Å². The van der Waals surface area contributed by atoms with Crippen LogP contribution in [0, 0.1) is 11.3 Å². The lowest BCUT2D eigenvalue weighted by molar-refractivity contribution is -0.274. The number of hydrogen-bond donors (Lipinski definition) is 2. The van der Waals surface area contributed by atoms with Crippen LogP contribution in [0.25, 0.3) is 10.1 Å². The number of carbonyl (C=O) groups is 2. The maximum Gasteiger partial charge on any atom is 0.573 e. The van der Waals surface area contributed by atoms with Crippen LogP contribution in [0.2, 0.25) is 0 Å². The number of benzene rings is 3. The number of carboxylic acids is 1. The Labute approximate surface area is 257 Å². The summed E-state index contributed by atoms with van der Waals surface area (Å²) in [6, 6.07) is 15.3. The second-order valence-corrected chi connectivity index (χ2v) is 11.1. The molecule has 0 aliphatic carbocycles. The molecule has 0 radical (unpaired) electrons. The number of carbonyl (C=O) groups excluding carboxylic acids is 1. The van der Waals surface area contributed by atoms with Gasteiger partial charge in [0.05, 0.1) is 22.2 Å². The molecule has 4 aromatic rings. The normalized spacial score (nSPS) is 13.2. The zero-order valence-corrected chi connectivity index (χ0v) is 24.4. The number of thiophene rings is 1. The van der Waals surface area contributed by atoms with E-state index in [0.29, 0.717) is 34.2 Å². The summed E-state index contributed by atoms with van der Waals surface area (Å²) in [7, 11) is 0. The number of rotatable bonds is 11. The van der Waals surface area contributed by atoms with Gasteiger partial charge in [-0.3, -0.25) is 9.59 Å². The Balaban J connectivity index is 1.85. The van der Waals surface area contributed by atoms with Crippen LogP contribution in [0.15, 0.2) is 66.0 Å². The summed E-state index contributed by atoms with van der Waals surface area (Å²) in [5, 5.41) is 22.9. The van der Waals surface area contributed by atoms with E-state index in [-0.39, 0.29) is 29.5 Å². The first-order valence-electron chi connectivity index (χ1n) is 13.7. The third kappa shape index (κ3) is 8.13. The van der Waals surface area contributed by atoms with Crippen molar-refractivity contribution in [2.24, 2.45) is 0 Å².